The minimum atomic E-state index is 0.120. The van der Waals surface area contributed by atoms with Crippen LogP contribution in [0.4, 0.5) is 0 Å². The van der Waals surface area contributed by atoms with Gasteiger partial charge >= 0.3 is 0 Å². The summed E-state index contributed by atoms with van der Waals surface area (Å²) in [6.07, 6.45) is 20.0. The van der Waals surface area contributed by atoms with E-state index < -0.39 is 0 Å². The second-order valence-corrected chi connectivity index (χ2v) is 7.89. The fourth-order valence-corrected chi connectivity index (χ4v) is 3.91. The molecule has 0 amide bonds. The first-order valence-corrected chi connectivity index (χ1v) is 10.3. The molecular weight excluding hydrogens is 235 g/mol. The van der Waals surface area contributed by atoms with Gasteiger partial charge in [0.25, 0.3) is 0 Å². The molecule has 0 aromatic carbocycles. The Morgan fingerprint density at radius 3 is 1.28 bits per heavy atom. The molecule has 0 atom stereocenters. The van der Waals surface area contributed by atoms with Gasteiger partial charge in [-0.15, -0.1) is 7.92 Å². The Labute approximate surface area is 118 Å². The van der Waals surface area contributed by atoms with Crippen molar-refractivity contribution in [1.82, 2.24) is 0 Å². The molecular formula is C17H36P. The maximum absolute atomic E-state index is 4.37. The fraction of sp³-hybridized carbons (Fsp3) is 0.941. The van der Waals surface area contributed by atoms with Crippen LogP contribution < -0.4 is 0 Å². The molecule has 0 fully saturated rings. The molecule has 0 aromatic rings. The van der Waals surface area contributed by atoms with Crippen LogP contribution in [0.25, 0.3) is 0 Å². The maximum Gasteiger partial charge on any atom is -0.0286 e. The van der Waals surface area contributed by atoms with E-state index in [4.69, 9.17) is 0 Å². The van der Waals surface area contributed by atoms with Crippen molar-refractivity contribution in [3.05, 3.63) is 6.66 Å². The highest BCUT2D eigenvalue weighted by Crippen LogP contribution is 2.35. The number of rotatable bonds is 14. The Morgan fingerprint density at radius 1 is 0.556 bits per heavy atom. The molecule has 0 aliphatic rings. The highest BCUT2D eigenvalue weighted by atomic mass is 31.1. The quantitative estimate of drug-likeness (QED) is 0.236. The van der Waals surface area contributed by atoms with Gasteiger partial charge in [-0.1, -0.05) is 78.1 Å². The molecule has 0 spiro atoms. The standard InChI is InChI=1S/C17H36P/c1-4-6-8-10-12-14-16-18(3)17-15-13-11-9-7-5-2/h3-17H2,1-2H3. The Hall–Kier alpha value is 0.430. The summed E-state index contributed by atoms with van der Waals surface area (Å²) >= 11 is 0. The highest BCUT2D eigenvalue weighted by Gasteiger charge is 2.01. The van der Waals surface area contributed by atoms with E-state index in [1.807, 2.05) is 0 Å². The maximum atomic E-state index is 4.37. The van der Waals surface area contributed by atoms with Crippen LogP contribution in [0.1, 0.15) is 90.9 Å². The fourth-order valence-electron chi connectivity index (χ4n) is 2.34. The molecule has 0 bridgehead atoms. The number of hydrogen-bond acceptors (Lipinski definition) is 0. The topological polar surface area (TPSA) is 0 Å². The Morgan fingerprint density at radius 2 is 0.889 bits per heavy atom. The van der Waals surface area contributed by atoms with E-state index in [1.54, 1.807) is 0 Å². The van der Waals surface area contributed by atoms with Crippen LogP contribution in [-0.2, 0) is 0 Å². The van der Waals surface area contributed by atoms with Crippen LogP contribution in [0.3, 0.4) is 0 Å². The smallest absolute Gasteiger partial charge is 0.0286 e. The SMILES string of the molecule is [CH2]P(CCCCCCCC)CCCCCCCC. The number of unbranched alkanes of at least 4 members (excludes halogenated alkanes) is 10. The van der Waals surface area contributed by atoms with E-state index in [0.717, 1.165) is 0 Å². The van der Waals surface area contributed by atoms with Crippen molar-refractivity contribution in [3.8, 4) is 0 Å². The molecule has 18 heavy (non-hydrogen) atoms. The van der Waals surface area contributed by atoms with Crippen molar-refractivity contribution >= 4 is 7.92 Å². The van der Waals surface area contributed by atoms with Gasteiger partial charge in [0.1, 0.15) is 0 Å². The molecule has 0 unspecified atom stereocenters. The average molecular weight is 271 g/mol. The van der Waals surface area contributed by atoms with Crippen molar-refractivity contribution in [2.45, 2.75) is 90.9 Å². The lowest BCUT2D eigenvalue weighted by Crippen LogP contribution is -1.89. The molecule has 0 aromatic heterocycles. The van der Waals surface area contributed by atoms with Crippen LogP contribution in [0, 0.1) is 6.66 Å². The van der Waals surface area contributed by atoms with Crippen LogP contribution >= 0.6 is 7.92 Å². The van der Waals surface area contributed by atoms with Crippen molar-refractivity contribution in [3.63, 3.8) is 0 Å². The first-order chi connectivity index (χ1) is 8.81. The van der Waals surface area contributed by atoms with Gasteiger partial charge < -0.3 is 0 Å². The van der Waals surface area contributed by atoms with E-state index in [0.29, 0.717) is 0 Å². The lowest BCUT2D eigenvalue weighted by Gasteiger charge is -2.11. The summed E-state index contributed by atoms with van der Waals surface area (Å²) in [4.78, 5) is 0. The molecule has 0 heterocycles. The lowest BCUT2D eigenvalue weighted by atomic mass is 10.1. The largest absolute Gasteiger partial charge is 0.106 e. The minimum absolute atomic E-state index is 0.120. The molecule has 109 valence electrons. The first kappa shape index (κ1) is 18.4. The second-order valence-electron chi connectivity index (χ2n) is 5.65. The summed E-state index contributed by atoms with van der Waals surface area (Å²) in [5, 5.41) is 0. The Bertz CT molecular complexity index is 129. The number of hydrogen-bond donors (Lipinski definition) is 0. The van der Waals surface area contributed by atoms with Gasteiger partial charge in [0, 0.05) is 0 Å². The summed E-state index contributed by atoms with van der Waals surface area (Å²) in [5.41, 5.74) is 0. The van der Waals surface area contributed by atoms with Crippen molar-refractivity contribution < 1.29 is 0 Å². The van der Waals surface area contributed by atoms with Crippen LogP contribution in [0.2, 0.25) is 0 Å². The summed E-state index contributed by atoms with van der Waals surface area (Å²) in [6, 6.07) is 0. The van der Waals surface area contributed by atoms with Gasteiger partial charge in [-0.2, -0.15) is 0 Å². The van der Waals surface area contributed by atoms with E-state index in [9.17, 15) is 0 Å². The third kappa shape index (κ3) is 14.5. The van der Waals surface area contributed by atoms with E-state index in [1.165, 1.54) is 89.4 Å². The zero-order valence-electron chi connectivity index (χ0n) is 13.1. The van der Waals surface area contributed by atoms with Gasteiger partial charge in [0.2, 0.25) is 0 Å². The van der Waals surface area contributed by atoms with Gasteiger partial charge in [0.15, 0.2) is 0 Å². The third-order valence-corrected chi connectivity index (χ3v) is 5.55. The molecule has 1 heteroatoms. The van der Waals surface area contributed by atoms with Gasteiger partial charge in [-0.05, 0) is 31.8 Å². The van der Waals surface area contributed by atoms with Crippen molar-refractivity contribution in [1.29, 1.82) is 0 Å². The molecule has 0 aliphatic heterocycles. The summed E-state index contributed by atoms with van der Waals surface area (Å²) < 4.78 is 0. The van der Waals surface area contributed by atoms with E-state index in [-0.39, 0.29) is 7.92 Å². The van der Waals surface area contributed by atoms with Gasteiger partial charge in [0.05, 0.1) is 0 Å². The highest BCUT2D eigenvalue weighted by molar-refractivity contribution is 7.58. The molecule has 0 saturated carbocycles. The Balaban J connectivity index is 3.10. The van der Waals surface area contributed by atoms with E-state index in [2.05, 4.69) is 20.5 Å². The monoisotopic (exact) mass is 271 g/mol. The third-order valence-electron chi connectivity index (χ3n) is 3.66. The summed E-state index contributed by atoms with van der Waals surface area (Å²) in [7, 11) is 0.120. The lowest BCUT2D eigenvalue weighted by molar-refractivity contribution is 0.622. The predicted octanol–water partition coefficient (Wildman–Crippen LogP) is 6.98. The molecule has 0 saturated heterocycles. The van der Waals surface area contributed by atoms with Gasteiger partial charge in [-0.3, -0.25) is 0 Å². The predicted molar refractivity (Wildman–Crippen MR) is 88.8 cm³/mol. The van der Waals surface area contributed by atoms with Gasteiger partial charge in [-0.25, -0.2) is 0 Å². The van der Waals surface area contributed by atoms with Crippen LogP contribution in [-0.4, -0.2) is 12.3 Å². The van der Waals surface area contributed by atoms with E-state index >= 15 is 0 Å². The second kappa shape index (κ2) is 15.5. The normalized spacial score (nSPS) is 11.3. The minimum Gasteiger partial charge on any atom is -0.106 e. The molecule has 0 nitrogen and oxygen atoms in total. The molecule has 0 N–H and O–H groups in total. The molecule has 0 rings (SSSR count). The van der Waals surface area contributed by atoms with Crippen molar-refractivity contribution in [2.24, 2.45) is 0 Å². The zero-order valence-corrected chi connectivity index (χ0v) is 13.9. The average Bonchev–Trinajstić information content (AvgIpc) is 2.38. The summed E-state index contributed by atoms with van der Waals surface area (Å²) in [5.74, 6) is 0. The summed E-state index contributed by atoms with van der Waals surface area (Å²) in [6.45, 7) is 8.95. The molecule has 0 aliphatic carbocycles. The first-order valence-electron chi connectivity index (χ1n) is 8.36. The van der Waals surface area contributed by atoms with Crippen LogP contribution in [0.15, 0.2) is 0 Å². The van der Waals surface area contributed by atoms with Crippen LogP contribution in [0.5, 0.6) is 0 Å². The zero-order chi connectivity index (χ0) is 13.5. The molecule has 1 radical (unpaired) electrons. The Kier molecular flexibility index (Phi) is 15.9. The van der Waals surface area contributed by atoms with Crippen molar-refractivity contribution in [2.75, 3.05) is 12.3 Å².